The van der Waals surface area contributed by atoms with Crippen LogP contribution in [0.2, 0.25) is 0 Å². The van der Waals surface area contributed by atoms with Gasteiger partial charge in [-0.25, -0.2) is 0 Å². The van der Waals surface area contributed by atoms with Crippen molar-refractivity contribution in [1.29, 1.82) is 0 Å². The van der Waals surface area contributed by atoms with Gasteiger partial charge in [0.1, 0.15) is 5.84 Å². The van der Waals surface area contributed by atoms with E-state index in [9.17, 15) is 5.21 Å². The van der Waals surface area contributed by atoms with E-state index in [2.05, 4.69) is 16.8 Å². The third-order valence-corrected chi connectivity index (χ3v) is 4.17. The molecule has 1 heterocycles. The fourth-order valence-corrected chi connectivity index (χ4v) is 2.07. The number of hydrogen-bond donors (Lipinski definition) is 0. The van der Waals surface area contributed by atoms with Gasteiger partial charge in [-0.2, -0.15) is 0 Å². The van der Waals surface area contributed by atoms with Crippen molar-refractivity contribution in [2.45, 2.75) is 38.8 Å². The molecule has 3 nitrogen and oxygen atoms in total. The normalized spacial score (nSPS) is 19.1. The van der Waals surface area contributed by atoms with Gasteiger partial charge in [0, 0.05) is 22.2 Å². The highest BCUT2D eigenvalue weighted by Crippen LogP contribution is 2.38. The average Bonchev–Trinajstić information content (AvgIpc) is 2.58. The van der Waals surface area contributed by atoms with Gasteiger partial charge >= 0.3 is 0 Å². The standard InChI is InChI=1S/C17H17N2O/c1-7-12-9-10-14(11-13(12)8-2)15-18-16(3,4)17(5,6)19(15)20/h1-2,9-11H,3-6H3/q-1. The molecule has 102 valence electrons. The van der Waals surface area contributed by atoms with Gasteiger partial charge in [0.15, 0.2) is 0 Å². The van der Waals surface area contributed by atoms with Crippen molar-refractivity contribution >= 4 is 5.84 Å². The van der Waals surface area contributed by atoms with Crippen molar-refractivity contribution in [1.82, 2.24) is 5.06 Å². The van der Waals surface area contributed by atoms with Gasteiger partial charge in [-0.3, -0.25) is 4.99 Å². The van der Waals surface area contributed by atoms with Crippen LogP contribution in [0.3, 0.4) is 0 Å². The highest BCUT2D eigenvalue weighted by molar-refractivity contribution is 6.01. The van der Waals surface area contributed by atoms with E-state index in [4.69, 9.17) is 12.8 Å². The van der Waals surface area contributed by atoms with Crippen LogP contribution in [0.4, 0.5) is 0 Å². The topological polar surface area (TPSA) is 38.7 Å². The fourth-order valence-electron chi connectivity index (χ4n) is 2.07. The molecule has 0 saturated carbocycles. The molecule has 0 amide bonds. The van der Waals surface area contributed by atoms with Crippen LogP contribution >= 0.6 is 0 Å². The van der Waals surface area contributed by atoms with Gasteiger partial charge in [-0.15, -0.1) is 12.8 Å². The van der Waals surface area contributed by atoms with E-state index in [0.717, 1.165) is 5.06 Å². The molecule has 0 saturated heterocycles. The number of hydrogen-bond acceptors (Lipinski definition) is 3. The number of terminal acetylenes is 2. The summed E-state index contributed by atoms with van der Waals surface area (Å²) in [5, 5.41) is 13.4. The third kappa shape index (κ3) is 1.88. The molecule has 0 aromatic heterocycles. The first kappa shape index (κ1) is 14.2. The molecule has 0 bridgehead atoms. The number of hydroxylamine groups is 2. The molecule has 0 aliphatic carbocycles. The van der Waals surface area contributed by atoms with Gasteiger partial charge < -0.3 is 10.3 Å². The van der Waals surface area contributed by atoms with Crippen LogP contribution in [-0.4, -0.2) is 22.0 Å². The van der Waals surface area contributed by atoms with Crippen LogP contribution < -0.4 is 0 Å². The summed E-state index contributed by atoms with van der Waals surface area (Å²) in [5.41, 5.74) is 0.870. The molecule has 0 radical (unpaired) electrons. The Morgan fingerprint density at radius 2 is 1.70 bits per heavy atom. The van der Waals surface area contributed by atoms with Crippen LogP contribution in [0, 0.1) is 29.9 Å². The molecule has 0 fully saturated rings. The molecule has 3 heteroatoms. The Labute approximate surface area is 120 Å². The molecule has 2 rings (SSSR count). The van der Waals surface area contributed by atoms with Crippen LogP contribution in [0.15, 0.2) is 23.2 Å². The summed E-state index contributed by atoms with van der Waals surface area (Å²) in [4.78, 5) is 4.57. The first-order valence-electron chi connectivity index (χ1n) is 6.39. The van der Waals surface area contributed by atoms with Gasteiger partial charge in [-0.05, 0) is 45.9 Å². The molecule has 1 aromatic carbocycles. The van der Waals surface area contributed by atoms with E-state index < -0.39 is 11.1 Å². The number of nitrogens with zero attached hydrogens (tertiary/aromatic N) is 2. The zero-order chi connectivity index (χ0) is 15.1. The quantitative estimate of drug-likeness (QED) is 0.732. The maximum Gasteiger partial charge on any atom is 0.121 e. The first-order chi connectivity index (χ1) is 9.24. The Morgan fingerprint density at radius 1 is 1.10 bits per heavy atom. The summed E-state index contributed by atoms with van der Waals surface area (Å²) < 4.78 is 0. The highest BCUT2D eigenvalue weighted by Gasteiger charge is 2.44. The van der Waals surface area contributed by atoms with Gasteiger partial charge in [0.25, 0.3) is 0 Å². The Morgan fingerprint density at radius 3 is 2.15 bits per heavy atom. The number of rotatable bonds is 1. The fraction of sp³-hybridized carbons (Fsp3) is 0.353. The zero-order valence-corrected chi connectivity index (χ0v) is 12.2. The molecule has 0 spiro atoms. The second kappa shape index (κ2) is 4.40. The highest BCUT2D eigenvalue weighted by atomic mass is 16.5. The lowest BCUT2D eigenvalue weighted by atomic mass is 9.84. The predicted molar refractivity (Wildman–Crippen MR) is 82.2 cm³/mol. The molecule has 1 aliphatic heterocycles. The summed E-state index contributed by atoms with van der Waals surface area (Å²) in [6, 6.07) is 5.28. The van der Waals surface area contributed by atoms with E-state index in [-0.39, 0.29) is 0 Å². The lowest BCUT2D eigenvalue weighted by molar-refractivity contribution is 0.205. The summed E-state index contributed by atoms with van der Waals surface area (Å²) in [6.45, 7) is 7.66. The number of aliphatic imine (C=N–C) groups is 1. The van der Waals surface area contributed by atoms with E-state index >= 15 is 0 Å². The molecule has 0 unspecified atom stereocenters. The van der Waals surface area contributed by atoms with Crippen molar-refractivity contribution in [3.05, 3.63) is 40.1 Å². The van der Waals surface area contributed by atoms with E-state index in [1.165, 1.54) is 0 Å². The van der Waals surface area contributed by atoms with Crippen LogP contribution in [0.5, 0.6) is 0 Å². The van der Waals surface area contributed by atoms with Gasteiger partial charge in [0.2, 0.25) is 0 Å². The molecule has 0 N–H and O–H groups in total. The summed E-state index contributed by atoms with van der Waals surface area (Å²) in [7, 11) is 0. The Kier molecular flexibility index (Phi) is 3.12. The minimum Gasteiger partial charge on any atom is -0.757 e. The largest absolute Gasteiger partial charge is 0.757 e. The third-order valence-electron chi connectivity index (χ3n) is 4.17. The Hall–Kier alpha value is -2.23. The van der Waals surface area contributed by atoms with Crippen LogP contribution in [-0.2, 0) is 0 Å². The summed E-state index contributed by atoms with van der Waals surface area (Å²) in [5.74, 6) is 5.49. The van der Waals surface area contributed by atoms with E-state index in [0.29, 0.717) is 22.5 Å². The van der Waals surface area contributed by atoms with Crippen molar-refractivity contribution < 1.29 is 0 Å². The Balaban J connectivity index is 2.55. The molecular weight excluding hydrogens is 248 g/mol. The maximum absolute atomic E-state index is 12.5. The van der Waals surface area contributed by atoms with Crippen LogP contribution in [0.25, 0.3) is 0 Å². The minimum absolute atomic E-state index is 0.403. The van der Waals surface area contributed by atoms with E-state index in [1.807, 2.05) is 27.7 Å². The average molecular weight is 265 g/mol. The van der Waals surface area contributed by atoms with Crippen molar-refractivity contribution in [3.8, 4) is 24.7 Å². The minimum atomic E-state index is -0.608. The smallest absolute Gasteiger partial charge is 0.121 e. The molecule has 0 atom stereocenters. The van der Waals surface area contributed by atoms with Gasteiger partial charge in [-0.1, -0.05) is 11.8 Å². The number of benzene rings is 1. The van der Waals surface area contributed by atoms with Crippen molar-refractivity contribution in [2.75, 3.05) is 0 Å². The van der Waals surface area contributed by atoms with Crippen LogP contribution in [0.1, 0.15) is 44.4 Å². The van der Waals surface area contributed by atoms with Crippen molar-refractivity contribution in [2.24, 2.45) is 4.99 Å². The molecule has 1 aromatic rings. The van der Waals surface area contributed by atoms with E-state index in [1.54, 1.807) is 18.2 Å². The lowest BCUT2D eigenvalue weighted by Gasteiger charge is -2.45. The summed E-state index contributed by atoms with van der Waals surface area (Å²) in [6.07, 6.45) is 10.9. The first-order valence-corrected chi connectivity index (χ1v) is 6.39. The summed E-state index contributed by atoms with van der Waals surface area (Å²) >= 11 is 0. The second-order valence-corrected chi connectivity index (χ2v) is 5.90. The number of amidine groups is 1. The lowest BCUT2D eigenvalue weighted by Crippen LogP contribution is -2.50. The molecule has 1 aliphatic rings. The molecular formula is C17H17N2O-. The SMILES string of the molecule is C#Cc1ccc(C2=NC(C)(C)C(C)(C)N2[O-])cc1C#C. The van der Waals surface area contributed by atoms with Gasteiger partial charge in [0.05, 0.1) is 5.54 Å². The van der Waals surface area contributed by atoms with Crippen molar-refractivity contribution in [3.63, 3.8) is 0 Å². The Bertz CT molecular complexity index is 669. The zero-order valence-electron chi connectivity index (χ0n) is 12.2. The maximum atomic E-state index is 12.5. The monoisotopic (exact) mass is 265 g/mol. The second-order valence-electron chi connectivity index (χ2n) is 5.90. The predicted octanol–water partition coefficient (Wildman–Crippen LogP) is 2.77. The molecule has 20 heavy (non-hydrogen) atoms.